The standard InChI is InChI=1S/C17H26O4/c1-4-12-17(15(18)20-5-2,16(19)21-6-3)13-14-10-8-7-9-11-14/h1,14H,5-13H2,2-3H3. The molecule has 0 aromatic carbocycles. The minimum absolute atomic E-state index is 0.0428. The molecule has 1 rings (SSSR count). The molecule has 0 heterocycles. The summed E-state index contributed by atoms with van der Waals surface area (Å²) in [5.41, 5.74) is -1.33. The van der Waals surface area contributed by atoms with Gasteiger partial charge in [-0.1, -0.05) is 32.1 Å². The molecule has 0 aromatic rings. The van der Waals surface area contributed by atoms with E-state index >= 15 is 0 Å². The van der Waals surface area contributed by atoms with Crippen LogP contribution in [0.3, 0.4) is 0 Å². The van der Waals surface area contributed by atoms with Crippen molar-refractivity contribution in [2.24, 2.45) is 11.3 Å². The van der Waals surface area contributed by atoms with Crippen molar-refractivity contribution < 1.29 is 19.1 Å². The Bertz CT molecular complexity index is 370. The van der Waals surface area contributed by atoms with Gasteiger partial charge >= 0.3 is 11.9 Å². The van der Waals surface area contributed by atoms with Crippen molar-refractivity contribution in [1.82, 2.24) is 0 Å². The number of ether oxygens (including phenoxy) is 2. The summed E-state index contributed by atoms with van der Waals surface area (Å²) in [6.45, 7) is 3.92. The van der Waals surface area contributed by atoms with Gasteiger partial charge in [0.25, 0.3) is 0 Å². The number of hydrogen-bond donors (Lipinski definition) is 0. The molecule has 1 fully saturated rings. The van der Waals surface area contributed by atoms with Crippen LogP contribution >= 0.6 is 0 Å². The number of esters is 2. The molecule has 4 nitrogen and oxygen atoms in total. The highest BCUT2D eigenvalue weighted by atomic mass is 16.6. The Balaban J connectivity index is 3.00. The first-order chi connectivity index (χ1) is 10.1. The van der Waals surface area contributed by atoms with E-state index in [2.05, 4.69) is 5.92 Å². The number of hydrogen-bond acceptors (Lipinski definition) is 4. The summed E-state index contributed by atoms with van der Waals surface area (Å²) in [4.78, 5) is 24.9. The van der Waals surface area contributed by atoms with Crippen LogP contribution in [0.2, 0.25) is 0 Å². The van der Waals surface area contributed by atoms with Gasteiger partial charge in [-0.25, -0.2) is 0 Å². The van der Waals surface area contributed by atoms with E-state index in [9.17, 15) is 9.59 Å². The molecular weight excluding hydrogens is 268 g/mol. The summed E-state index contributed by atoms with van der Waals surface area (Å²) < 4.78 is 10.3. The second-order valence-electron chi connectivity index (χ2n) is 5.61. The monoisotopic (exact) mass is 294 g/mol. The van der Waals surface area contributed by atoms with E-state index in [-0.39, 0.29) is 19.6 Å². The van der Waals surface area contributed by atoms with Crippen LogP contribution in [-0.2, 0) is 19.1 Å². The van der Waals surface area contributed by atoms with Crippen LogP contribution in [0.15, 0.2) is 0 Å². The average molecular weight is 294 g/mol. The fourth-order valence-electron chi connectivity index (χ4n) is 3.06. The maximum absolute atomic E-state index is 12.4. The zero-order valence-electron chi connectivity index (χ0n) is 13.2. The summed E-state index contributed by atoms with van der Waals surface area (Å²) in [5, 5.41) is 0. The van der Waals surface area contributed by atoms with Crippen LogP contribution in [0.25, 0.3) is 0 Å². The topological polar surface area (TPSA) is 52.6 Å². The molecule has 0 spiro atoms. The highest BCUT2D eigenvalue weighted by molar-refractivity contribution is 6.00. The average Bonchev–Trinajstić information content (AvgIpc) is 2.48. The Morgan fingerprint density at radius 1 is 1.10 bits per heavy atom. The summed E-state index contributed by atoms with van der Waals surface area (Å²) in [7, 11) is 0. The second-order valence-corrected chi connectivity index (χ2v) is 5.61. The molecule has 0 amide bonds. The largest absolute Gasteiger partial charge is 0.465 e. The molecule has 0 aromatic heterocycles. The molecule has 0 bridgehead atoms. The fraction of sp³-hybridized carbons (Fsp3) is 0.765. The van der Waals surface area contributed by atoms with Crippen molar-refractivity contribution in [3.05, 3.63) is 0 Å². The van der Waals surface area contributed by atoms with Crippen molar-refractivity contribution in [1.29, 1.82) is 0 Å². The Kier molecular flexibility index (Phi) is 7.28. The highest BCUT2D eigenvalue weighted by Crippen LogP contribution is 2.39. The predicted molar refractivity (Wildman–Crippen MR) is 80.3 cm³/mol. The van der Waals surface area contributed by atoms with Crippen molar-refractivity contribution >= 4 is 11.9 Å². The Morgan fingerprint density at radius 2 is 1.62 bits per heavy atom. The van der Waals surface area contributed by atoms with Gasteiger partial charge in [0.1, 0.15) is 0 Å². The van der Waals surface area contributed by atoms with E-state index in [1.807, 2.05) is 0 Å². The Hall–Kier alpha value is -1.50. The van der Waals surface area contributed by atoms with E-state index in [0.717, 1.165) is 25.7 Å². The van der Waals surface area contributed by atoms with Crippen LogP contribution in [0.1, 0.15) is 58.8 Å². The van der Waals surface area contributed by atoms with Gasteiger partial charge in [0, 0.05) is 6.42 Å². The molecule has 0 unspecified atom stereocenters. The quantitative estimate of drug-likeness (QED) is 0.411. The van der Waals surface area contributed by atoms with E-state index in [1.165, 1.54) is 6.42 Å². The van der Waals surface area contributed by atoms with Crippen molar-refractivity contribution in [2.45, 2.75) is 58.8 Å². The zero-order chi connectivity index (χ0) is 15.7. The third kappa shape index (κ3) is 4.49. The SMILES string of the molecule is C#CCC(CC1CCCCC1)(C(=O)OCC)C(=O)OCC. The van der Waals surface area contributed by atoms with Crippen LogP contribution in [0.5, 0.6) is 0 Å². The minimum Gasteiger partial charge on any atom is -0.465 e. The normalized spacial score (nSPS) is 16.0. The van der Waals surface area contributed by atoms with E-state index in [1.54, 1.807) is 13.8 Å². The van der Waals surface area contributed by atoms with Gasteiger partial charge in [-0.3, -0.25) is 9.59 Å². The van der Waals surface area contributed by atoms with Gasteiger partial charge in [0.2, 0.25) is 0 Å². The lowest BCUT2D eigenvalue weighted by Gasteiger charge is -2.32. The minimum atomic E-state index is -1.33. The number of carbonyl (C=O) groups excluding carboxylic acids is 2. The van der Waals surface area contributed by atoms with Gasteiger partial charge in [-0.15, -0.1) is 12.3 Å². The number of rotatable bonds is 7. The molecule has 0 aliphatic heterocycles. The first-order valence-corrected chi connectivity index (χ1v) is 7.88. The number of carbonyl (C=O) groups is 2. The molecule has 1 aliphatic carbocycles. The molecule has 118 valence electrons. The van der Waals surface area contributed by atoms with Crippen LogP contribution in [-0.4, -0.2) is 25.2 Å². The van der Waals surface area contributed by atoms with E-state index < -0.39 is 17.4 Å². The zero-order valence-corrected chi connectivity index (χ0v) is 13.2. The molecule has 0 radical (unpaired) electrons. The maximum atomic E-state index is 12.4. The molecule has 0 atom stereocenters. The lowest BCUT2D eigenvalue weighted by molar-refractivity contribution is -0.173. The van der Waals surface area contributed by atoms with Crippen molar-refractivity contribution in [3.63, 3.8) is 0 Å². The van der Waals surface area contributed by atoms with Crippen molar-refractivity contribution in [3.8, 4) is 12.3 Å². The Morgan fingerprint density at radius 3 is 2.05 bits per heavy atom. The van der Waals surface area contributed by atoms with Gasteiger partial charge in [-0.2, -0.15) is 0 Å². The molecular formula is C17H26O4. The van der Waals surface area contributed by atoms with E-state index in [4.69, 9.17) is 15.9 Å². The summed E-state index contributed by atoms with van der Waals surface area (Å²) in [5.74, 6) is 1.74. The van der Waals surface area contributed by atoms with E-state index in [0.29, 0.717) is 12.3 Å². The second kappa shape index (κ2) is 8.71. The molecule has 1 saturated carbocycles. The molecule has 1 aliphatic rings. The van der Waals surface area contributed by atoms with Gasteiger partial charge in [0.05, 0.1) is 13.2 Å². The fourth-order valence-corrected chi connectivity index (χ4v) is 3.06. The first kappa shape index (κ1) is 17.6. The summed E-state index contributed by atoms with van der Waals surface area (Å²) in [6.07, 6.45) is 11.5. The van der Waals surface area contributed by atoms with Crippen LogP contribution in [0.4, 0.5) is 0 Å². The highest BCUT2D eigenvalue weighted by Gasteiger charge is 2.49. The summed E-state index contributed by atoms with van der Waals surface area (Å²) in [6, 6.07) is 0. The van der Waals surface area contributed by atoms with Gasteiger partial charge < -0.3 is 9.47 Å². The van der Waals surface area contributed by atoms with Gasteiger partial charge in [-0.05, 0) is 26.2 Å². The maximum Gasteiger partial charge on any atom is 0.324 e. The molecule has 21 heavy (non-hydrogen) atoms. The lowest BCUT2D eigenvalue weighted by Crippen LogP contribution is -2.43. The Labute approximate surface area is 127 Å². The predicted octanol–water partition coefficient (Wildman–Crippen LogP) is 3.09. The molecule has 0 saturated heterocycles. The third-order valence-corrected chi connectivity index (χ3v) is 4.10. The number of terminal acetylenes is 1. The summed E-state index contributed by atoms with van der Waals surface area (Å²) >= 11 is 0. The van der Waals surface area contributed by atoms with Crippen LogP contribution in [0, 0.1) is 23.7 Å². The smallest absolute Gasteiger partial charge is 0.324 e. The van der Waals surface area contributed by atoms with Gasteiger partial charge in [0.15, 0.2) is 5.41 Å². The van der Waals surface area contributed by atoms with Crippen molar-refractivity contribution in [2.75, 3.05) is 13.2 Å². The lowest BCUT2D eigenvalue weighted by atomic mass is 9.72. The molecule has 0 N–H and O–H groups in total. The van der Waals surface area contributed by atoms with Crippen LogP contribution < -0.4 is 0 Å². The molecule has 4 heteroatoms. The first-order valence-electron chi connectivity index (χ1n) is 7.88. The third-order valence-electron chi connectivity index (χ3n) is 4.10.